The minimum absolute atomic E-state index is 0.165. The van der Waals surface area contributed by atoms with E-state index in [-0.39, 0.29) is 6.04 Å². The summed E-state index contributed by atoms with van der Waals surface area (Å²) in [6.07, 6.45) is 2.64. The molecule has 4 heteroatoms. The molecular formula is C21H27N3S. The van der Waals surface area contributed by atoms with Gasteiger partial charge in [0.05, 0.1) is 6.04 Å². The van der Waals surface area contributed by atoms with Crippen molar-refractivity contribution in [3.8, 4) is 0 Å². The lowest BCUT2D eigenvalue weighted by Crippen LogP contribution is -2.34. The van der Waals surface area contributed by atoms with E-state index in [1.54, 1.807) is 0 Å². The molecule has 0 amide bonds. The zero-order chi connectivity index (χ0) is 17.6. The summed E-state index contributed by atoms with van der Waals surface area (Å²) in [4.78, 5) is 2.50. The van der Waals surface area contributed by atoms with Crippen LogP contribution >= 0.6 is 12.2 Å². The normalized spacial score (nSPS) is 18.5. The van der Waals surface area contributed by atoms with Crippen molar-refractivity contribution in [3.63, 3.8) is 0 Å². The fourth-order valence-corrected chi connectivity index (χ4v) is 3.66. The van der Waals surface area contributed by atoms with Crippen molar-refractivity contribution in [1.82, 2.24) is 5.32 Å². The molecule has 1 heterocycles. The first-order valence-corrected chi connectivity index (χ1v) is 9.50. The molecule has 3 rings (SSSR count). The second-order valence-electron chi connectivity index (χ2n) is 6.97. The monoisotopic (exact) mass is 353 g/mol. The Morgan fingerprint density at radius 2 is 1.84 bits per heavy atom. The van der Waals surface area contributed by atoms with Crippen molar-refractivity contribution in [2.24, 2.45) is 5.92 Å². The highest BCUT2D eigenvalue weighted by atomic mass is 32.1. The number of piperidine rings is 1. The first-order chi connectivity index (χ1) is 12.1. The van der Waals surface area contributed by atoms with Gasteiger partial charge in [0.2, 0.25) is 0 Å². The maximum atomic E-state index is 5.42. The molecule has 0 unspecified atom stereocenters. The van der Waals surface area contributed by atoms with Crippen LogP contribution in [0.15, 0.2) is 54.6 Å². The average Bonchev–Trinajstić information content (AvgIpc) is 2.62. The maximum absolute atomic E-state index is 5.42. The molecule has 25 heavy (non-hydrogen) atoms. The topological polar surface area (TPSA) is 27.3 Å². The van der Waals surface area contributed by atoms with Gasteiger partial charge in [-0.15, -0.1) is 0 Å². The Morgan fingerprint density at radius 1 is 1.12 bits per heavy atom. The van der Waals surface area contributed by atoms with Crippen LogP contribution in [0.3, 0.4) is 0 Å². The van der Waals surface area contributed by atoms with Crippen molar-refractivity contribution < 1.29 is 0 Å². The summed E-state index contributed by atoms with van der Waals surface area (Å²) in [5.74, 6) is 0.787. The van der Waals surface area contributed by atoms with Gasteiger partial charge in [-0.2, -0.15) is 0 Å². The number of rotatable bonds is 4. The Morgan fingerprint density at radius 3 is 2.52 bits per heavy atom. The zero-order valence-corrected chi connectivity index (χ0v) is 15.9. The molecule has 0 aromatic heterocycles. The van der Waals surface area contributed by atoms with E-state index in [2.05, 4.69) is 53.6 Å². The summed E-state index contributed by atoms with van der Waals surface area (Å²) >= 11 is 5.42. The predicted molar refractivity (Wildman–Crippen MR) is 111 cm³/mol. The Labute approximate surface area is 156 Å². The van der Waals surface area contributed by atoms with E-state index in [4.69, 9.17) is 12.2 Å². The van der Waals surface area contributed by atoms with E-state index in [0.29, 0.717) is 5.11 Å². The molecule has 2 atom stereocenters. The molecule has 2 N–H and O–H groups in total. The molecule has 0 radical (unpaired) electrons. The second kappa shape index (κ2) is 8.34. The van der Waals surface area contributed by atoms with E-state index in [0.717, 1.165) is 18.2 Å². The zero-order valence-electron chi connectivity index (χ0n) is 15.0. The van der Waals surface area contributed by atoms with Gasteiger partial charge >= 0.3 is 0 Å². The molecule has 3 nitrogen and oxygen atoms in total. The molecule has 0 saturated carbocycles. The molecule has 1 saturated heterocycles. The van der Waals surface area contributed by atoms with Crippen LogP contribution in [0.1, 0.15) is 38.3 Å². The number of thiocarbonyl (C=S) groups is 1. The molecule has 1 aliphatic heterocycles. The number of para-hydroxylation sites is 1. The molecule has 1 fully saturated rings. The lowest BCUT2D eigenvalue weighted by Gasteiger charge is -2.33. The fourth-order valence-electron chi connectivity index (χ4n) is 3.37. The van der Waals surface area contributed by atoms with E-state index < -0.39 is 0 Å². The van der Waals surface area contributed by atoms with Crippen LogP contribution in [0.25, 0.3) is 0 Å². The molecule has 2 aromatic carbocycles. The lowest BCUT2D eigenvalue weighted by molar-refractivity contribution is 0.447. The Balaban J connectivity index is 1.57. The van der Waals surface area contributed by atoms with Crippen molar-refractivity contribution in [2.75, 3.05) is 23.3 Å². The summed E-state index contributed by atoms with van der Waals surface area (Å²) in [6, 6.07) is 19.0. The molecule has 2 aromatic rings. The van der Waals surface area contributed by atoms with Crippen LogP contribution in [0.5, 0.6) is 0 Å². The summed E-state index contributed by atoms with van der Waals surface area (Å²) in [5.41, 5.74) is 3.57. The van der Waals surface area contributed by atoms with Gasteiger partial charge < -0.3 is 15.5 Å². The average molecular weight is 354 g/mol. The molecule has 0 bridgehead atoms. The quantitative estimate of drug-likeness (QED) is 0.759. The third-order valence-corrected chi connectivity index (χ3v) is 5.01. The van der Waals surface area contributed by atoms with Crippen molar-refractivity contribution in [1.29, 1.82) is 0 Å². The van der Waals surface area contributed by atoms with Gasteiger partial charge in [0.15, 0.2) is 5.11 Å². The van der Waals surface area contributed by atoms with Crippen molar-refractivity contribution >= 4 is 28.7 Å². The lowest BCUT2D eigenvalue weighted by atomic mass is 9.99. The standard InChI is InChI=1S/C21H27N3S/c1-16-7-6-14-24(15-16)20-12-10-18(11-13-20)17(2)22-21(25)23-19-8-4-3-5-9-19/h3-5,8-13,16-17H,6-7,14-15H2,1-2H3,(H2,22,23,25)/t16-,17-/m1/s1. The molecular weight excluding hydrogens is 326 g/mol. The number of nitrogens with zero attached hydrogens (tertiary/aromatic N) is 1. The van der Waals surface area contributed by atoms with Crippen LogP contribution in [0.4, 0.5) is 11.4 Å². The van der Waals surface area contributed by atoms with E-state index >= 15 is 0 Å². The molecule has 132 valence electrons. The minimum atomic E-state index is 0.165. The van der Waals surface area contributed by atoms with Gasteiger partial charge in [0.25, 0.3) is 0 Å². The van der Waals surface area contributed by atoms with Crippen molar-refractivity contribution in [3.05, 3.63) is 60.2 Å². The largest absolute Gasteiger partial charge is 0.371 e. The molecule has 0 spiro atoms. The van der Waals surface area contributed by atoms with Crippen LogP contribution in [0.2, 0.25) is 0 Å². The maximum Gasteiger partial charge on any atom is 0.171 e. The van der Waals surface area contributed by atoms with Gasteiger partial charge in [-0.05, 0) is 67.7 Å². The van der Waals surface area contributed by atoms with Crippen LogP contribution < -0.4 is 15.5 Å². The van der Waals surface area contributed by atoms with Gasteiger partial charge in [0, 0.05) is 24.5 Å². The Hall–Kier alpha value is -2.07. The van der Waals surface area contributed by atoms with Crippen LogP contribution in [0, 0.1) is 5.92 Å². The number of hydrogen-bond acceptors (Lipinski definition) is 2. The summed E-state index contributed by atoms with van der Waals surface area (Å²) in [7, 11) is 0. The van der Waals surface area contributed by atoms with Gasteiger partial charge in [-0.25, -0.2) is 0 Å². The minimum Gasteiger partial charge on any atom is -0.371 e. The summed E-state index contributed by atoms with van der Waals surface area (Å²) in [5, 5.41) is 7.23. The smallest absolute Gasteiger partial charge is 0.171 e. The third kappa shape index (κ3) is 4.95. The predicted octanol–water partition coefficient (Wildman–Crippen LogP) is 4.97. The first-order valence-electron chi connectivity index (χ1n) is 9.09. The van der Waals surface area contributed by atoms with Crippen LogP contribution in [-0.4, -0.2) is 18.2 Å². The number of anilines is 2. The third-order valence-electron chi connectivity index (χ3n) is 4.79. The number of hydrogen-bond donors (Lipinski definition) is 2. The summed E-state index contributed by atoms with van der Waals surface area (Å²) in [6.45, 7) is 6.81. The van der Waals surface area contributed by atoms with Crippen LogP contribution in [-0.2, 0) is 0 Å². The fraction of sp³-hybridized carbons (Fsp3) is 0.381. The van der Waals surface area contributed by atoms with E-state index in [9.17, 15) is 0 Å². The summed E-state index contributed by atoms with van der Waals surface area (Å²) < 4.78 is 0. The Bertz CT molecular complexity index is 684. The number of benzene rings is 2. The Kier molecular flexibility index (Phi) is 5.92. The first kappa shape index (κ1) is 17.7. The van der Waals surface area contributed by atoms with Gasteiger partial charge in [0.1, 0.15) is 0 Å². The second-order valence-corrected chi connectivity index (χ2v) is 7.38. The van der Waals surface area contributed by atoms with E-state index in [1.165, 1.54) is 30.6 Å². The van der Waals surface area contributed by atoms with Crippen molar-refractivity contribution in [2.45, 2.75) is 32.7 Å². The van der Waals surface area contributed by atoms with E-state index in [1.807, 2.05) is 30.3 Å². The number of nitrogens with one attached hydrogen (secondary N) is 2. The van der Waals surface area contributed by atoms with Gasteiger partial charge in [-0.1, -0.05) is 37.3 Å². The SMILES string of the molecule is C[C@@H]1CCCN(c2ccc([C@@H](C)NC(=S)Nc3ccccc3)cc2)C1. The van der Waals surface area contributed by atoms with Gasteiger partial charge in [-0.3, -0.25) is 0 Å². The molecule has 0 aliphatic carbocycles. The highest BCUT2D eigenvalue weighted by Crippen LogP contribution is 2.24. The molecule has 1 aliphatic rings. The highest BCUT2D eigenvalue weighted by Gasteiger charge is 2.16. The highest BCUT2D eigenvalue weighted by molar-refractivity contribution is 7.80.